The van der Waals surface area contributed by atoms with Gasteiger partial charge in [0.1, 0.15) is 0 Å². The molecule has 1 atom stereocenters. The van der Waals surface area contributed by atoms with Crippen LogP contribution in [0.4, 0.5) is 0 Å². The van der Waals surface area contributed by atoms with Crippen LogP contribution in [-0.4, -0.2) is 11.0 Å². The molecule has 0 amide bonds. The third-order valence-electron chi connectivity index (χ3n) is 3.30. The van der Waals surface area contributed by atoms with Crippen LogP contribution in [0.25, 0.3) is 0 Å². The Balaban J connectivity index is 2.01. The van der Waals surface area contributed by atoms with Gasteiger partial charge in [0, 0.05) is 23.3 Å². The molecular formula is C16H23N3S. The molecule has 0 spiro atoms. The zero-order valence-electron chi connectivity index (χ0n) is 12.4. The van der Waals surface area contributed by atoms with E-state index < -0.39 is 0 Å². The Morgan fingerprint density at radius 2 is 1.90 bits per heavy atom. The molecule has 2 rings (SSSR count). The van der Waals surface area contributed by atoms with Gasteiger partial charge in [-0.15, -0.1) is 11.3 Å². The molecule has 0 aliphatic carbocycles. The Kier molecular flexibility index (Phi) is 4.91. The first-order valence-electron chi connectivity index (χ1n) is 6.94. The number of hydrogen-bond acceptors (Lipinski definition) is 4. The summed E-state index contributed by atoms with van der Waals surface area (Å²) in [7, 11) is 0. The van der Waals surface area contributed by atoms with Gasteiger partial charge in [0.15, 0.2) is 0 Å². The van der Waals surface area contributed by atoms with Crippen LogP contribution in [-0.2, 0) is 18.3 Å². The van der Waals surface area contributed by atoms with Gasteiger partial charge in [0.2, 0.25) is 0 Å². The predicted octanol–water partition coefficient (Wildman–Crippen LogP) is 3.06. The molecule has 3 nitrogen and oxygen atoms in total. The second-order valence-corrected chi connectivity index (χ2v) is 7.08. The minimum Gasteiger partial charge on any atom is -0.271 e. The summed E-state index contributed by atoms with van der Waals surface area (Å²) in [5.41, 5.74) is 5.48. The fourth-order valence-corrected chi connectivity index (χ4v) is 3.15. The van der Waals surface area contributed by atoms with Gasteiger partial charge in [-0.1, -0.05) is 51.1 Å². The molecule has 1 unspecified atom stereocenters. The van der Waals surface area contributed by atoms with E-state index in [-0.39, 0.29) is 11.5 Å². The quantitative estimate of drug-likeness (QED) is 0.657. The maximum Gasteiger partial charge on any atom is 0.0944 e. The third kappa shape index (κ3) is 4.13. The highest BCUT2D eigenvalue weighted by atomic mass is 32.1. The smallest absolute Gasteiger partial charge is 0.0944 e. The summed E-state index contributed by atoms with van der Waals surface area (Å²) in [4.78, 5) is 4.73. The average Bonchev–Trinajstić information content (AvgIpc) is 2.87. The molecule has 0 aliphatic rings. The van der Waals surface area contributed by atoms with E-state index in [1.54, 1.807) is 11.3 Å². The zero-order valence-corrected chi connectivity index (χ0v) is 13.2. The van der Waals surface area contributed by atoms with Crippen LogP contribution in [0, 0.1) is 0 Å². The molecule has 0 bridgehead atoms. The fourth-order valence-electron chi connectivity index (χ4n) is 2.05. The third-order valence-corrected chi connectivity index (χ3v) is 4.17. The van der Waals surface area contributed by atoms with Gasteiger partial charge in [-0.3, -0.25) is 11.3 Å². The molecule has 108 valence electrons. The van der Waals surface area contributed by atoms with Gasteiger partial charge >= 0.3 is 0 Å². The second-order valence-electron chi connectivity index (χ2n) is 6.13. The maximum atomic E-state index is 5.69. The topological polar surface area (TPSA) is 50.9 Å². The van der Waals surface area contributed by atoms with Crippen molar-refractivity contribution in [1.82, 2.24) is 10.4 Å². The lowest BCUT2D eigenvalue weighted by atomic mass is 9.93. The molecule has 1 heterocycles. The van der Waals surface area contributed by atoms with Crippen LogP contribution in [0.3, 0.4) is 0 Å². The van der Waals surface area contributed by atoms with E-state index >= 15 is 0 Å². The van der Waals surface area contributed by atoms with Gasteiger partial charge in [0.25, 0.3) is 0 Å². The van der Waals surface area contributed by atoms with Gasteiger partial charge in [-0.25, -0.2) is 4.98 Å². The minimum absolute atomic E-state index is 0.111. The summed E-state index contributed by atoms with van der Waals surface area (Å²) in [6, 6.07) is 10.6. The monoisotopic (exact) mass is 289 g/mol. The van der Waals surface area contributed by atoms with Crippen molar-refractivity contribution >= 4 is 11.3 Å². The van der Waals surface area contributed by atoms with E-state index in [4.69, 9.17) is 10.8 Å². The molecule has 20 heavy (non-hydrogen) atoms. The van der Waals surface area contributed by atoms with Gasteiger partial charge in [-0.05, 0) is 12.0 Å². The van der Waals surface area contributed by atoms with Crippen LogP contribution in [0.2, 0.25) is 0 Å². The molecule has 2 aromatic rings. The fraction of sp³-hybridized carbons (Fsp3) is 0.438. The standard InChI is InChI=1S/C16H23N3S/c1-16(2,3)14-11-20-15(18-14)10-13(19-17)9-12-7-5-4-6-8-12/h4-8,11,13,19H,9-10,17H2,1-3H3. The second kappa shape index (κ2) is 6.48. The molecule has 3 N–H and O–H groups in total. The van der Waals surface area contributed by atoms with Crippen molar-refractivity contribution in [3.63, 3.8) is 0 Å². The van der Waals surface area contributed by atoms with Crippen LogP contribution < -0.4 is 11.3 Å². The summed E-state index contributed by atoms with van der Waals surface area (Å²) >= 11 is 1.72. The summed E-state index contributed by atoms with van der Waals surface area (Å²) in [6.07, 6.45) is 1.79. The van der Waals surface area contributed by atoms with Gasteiger partial charge < -0.3 is 0 Å². The number of nitrogens with one attached hydrogen (secondary N) is 1. The van der Waals surface area contributed by atoms with E-state index in [9.17, 15) is 0 Å². The molecule has 4 heteroatoms. The Bertz CT molecular complexity index is 528. The van der Waals surface area contributed by atoms with Crippen LogP contribution in [0.5, 0.6) is 0 Å². The summed E-state index contributed by atoms with van der Waals surface area (Å²) in [5.74, 6) is 5.69. The number of hydrogen-bond donors (Lipinski definition) is 2. The largest absolute Gasteiger partial charge is 0.271 e. The summed E-state index contributed by atoms with van der Waals surface area (Å²) < 4.78 is 0. The first kappa shape index (κ1) is 15.2. The Hall–Kier alpha value is -1.23. The maximum absolute atomic E-state index is 5.69. The summed E-state index contributed by atoms with van der Waals surface area (Å²) in [6.45, 7) is 6.57. The number of rotatable bonds is 5. The molecule has 0 radical (unpaired) electrons. The lowest BCUT2D eigenvalue weighted by Crippen LogP contribution is -2.38. The molecule has 0 aliphatic heterocycles. The van der Waals surface area contributed by atoms with E-state index in [1.807, 2.05) is 6.07 Å². The van der Waals surface area contributed by atoms with Crippen LogP contribution >= 0.6 is 11.3 Å². The van der Waals surface area contributed by atoms with Gasteiger partial charge in [0.05, 0.1) is 10.7 Å². The van der Waals surface area contributed by atoms with Crippen LogP contribution in [0.15, 0.2) is 35.7 Å². The van der Waals surface area contributed by atoms with Crippen molar-refractivity contribution in [2.75, 3.05) is 0 Å². The molecule has 0 saturated carbocycles. The van der Waals surface area contributed by atoms with Gasteiger partial charge in [-0.2, -0.15) is 0 Å². The number of thiazole rings is 1. The van der Waals surface area contributed by atoms with E-state index in [1.165, 1.54) is 5.56 Å². The molecular weight excluding hydrogens is 266 g/mol. The Morgan fingerprint density at radius 1 is 1.20 bits per heavy atom. The number of nitrogens with two attached hydrogens (primary N) is 1. The van der Waals surface area contributed by atoms with E-state index in [2.05, 4.69) is 55.8 Å². The lowest BCUT2D eigenvalue weighted by molar-refractivity contribution is 0.517. The predicted molar refractivity (Wildman–Crippen MR) is 85.8 cm³/mol. The van der Waals surface area contributed by atoms with Crippen molar-refractivity contribution < 1.29 is 0 Å². The van der Waals surface area contributed by atoms with E-state index in [0.717, 1.165) is 23.5 Å². The molecule has 1 aromatic heterocycles. The lowest BCUT2D eigenvalue weighted by Gasteiger charge is -2.16. The number of nitrogens with zero attached hydrogens (tertiary/aromatic N) is 1. The normalized spacial score (nSPS) is 13.4. The van der Waals surface area contributed by atoms with Crippen molar-refractivity contribution in [3.8, 4) is 0 Å². The molecule has 0 fully saturated rings. The first-order valence-corrected chi connectivity index (χ1v) is 7.82. The highest BCUT2D eigenvalue weighted by Gasteiger charge is 2.18. The Labute approximate surface area is 125 Å². The SMILES string of the molecule is CC(C)(C)c1csc(CC(Cc2ccccc2)NN)n1. The van der Waals surface area contributed by atoms with Crippen LogP contribution in [0.1, 0.15) is 37.0 Å². The number of hydrazine groups is 1. The first-order chi connectivity index (χ1) is 9.49. The summed E-state index contributed by atoms with van der Waals surface area (Å²) in [5, 5.41) is 3.31. The molecule has 0 saturated heterocycles. The van der Waals surface area contributed by atoms with Crippen molar-refractivity contribution in [2.45, 2.75) is 45.1 Å². The number of benzene rings is 1. The van der Waals surface area contributed by atoms with Crippen molar-refractivity contribution in [3.05, 3.63) is 52.0 Å². The number of aromatic nitrogens is 1. The Morgan fingerprint density at radius 3 is 2.45 bits per heavy atom. The highest BCUT2D eigenvalue weighted by molar-refractivity contribution is 7.09. The van der Waals surface area contributed by atoms with Crippen molar-refractivity contribution in [2.24, 2.45) is 5.84 Å². The minimum atomic E-state index is 0.111. The average molecular weight is 289 g/mol. The molecule has 1 aromatic carbocycles. The highest BCUT2D eigenvalue weighted by Crippen LogP contribution is 2.24. The van der Waals surface area contributed by atoms with E-state index in [0.29, 0.717) is 0 Å². The zero-order chi connectivity index (χ0) is 14.6. The van der Waals surface area contributed by atoms with Crippen molar-refractivity contribution in [1.29, 1.82) is 0 Å².